The topological polar surface area (TPSA) is 20.2 Å². The van der Waals surface area contributed by atoms with Crippen LogP contribution < -0.4 is 0 Å². The summed E-state index contributed by atoms with van der Waals surface area (Å²) in [7, 11) is 0. The molecule has 0 aliphatic carbocycles. The van der Waals surface area contributed by atoms with E-state index in [1.807, 2.05) is 24.3 Å². The minimum Gasteiger partial charge on any atom is -0.388 e. The Morgan fingerprint density at radius 3 is 2.53 bits per heavy atom. The molecule has 0 radical (unpaired) electrons. The molecule has 0 aliphatic rings. The van der Waals surface area contributed by atoms with E-state index >= 15 is 0 Å². The molecule has 19 heavy (non-hydrogen) atoms. The Balaban J connectivity index is 2.28. The van der Waals surface area contributed by atoms with Gasteiger partial charge in [-0.1, -0.05) is 34.1 Å². The van der Waals surface area contributed by atoms with Gasteiger partial charge in [-0.2, -0.15) is 0 Å². The number of hydrogen-bond acceptors (Lipinski definition) is 1. The molecule has 4 heteroatoms. The Bertz CT molecular complexity index is 599. The van der Waals surface area contributed by atoms with Gasteiger partial charge in [0.15, 0.2) is 0 Å². The van der Waals surface area contributed by atoms with Gasteiger partial charge in [-0.05, 0) is 30.2 Å². The molecule has 100 valence electrons. The highest BCUT2D eigenvalue weighted by Gasteiger charge is 2.16. The average molecular weight is 327 g/mol. The summed E-state index contributed by atoms with van der Waals surface area (Å²) in [6, 6.07) is 9.58. The first-order valence-corrected chi connectivity index (χ1v) is 6.65. The highest BCUT2D eigenvalue weighted by molar-refractivity contribution is 9.10. The van der Waals surface area contributed by atoms with Crippen LogP contribution in [-0.4, -0.2) is 5.11 Å². The smallest absolute Gasteiger partial charge is 0.131 e. The van der Waals surface area contributed by atoms with Gasteiger partial charge < -0.3 is 5.11 Å². The Morgan fingerprint density at radius 2 is 1.84 bits per heavy atom. The predicted octanol–water partition coefficient (Wildman–Crippen LogP) is 4.31. The SMILES string of the molecule is Cc1cc(C(O)Cc2ccccc2Br)c(F)cc1F. The largest absolute Gasteiger partial charge is 0.388 e. The minimum atomic E-state index is -1.00. The monoisotopic (exact) mass is 326 g/mol. The van der Waals surface area contributed by atoms with E-state index in [0.717, 1.165) is 16.1 Å². The van der Waals surface area contributed by atoms with Crippen molar-refractivity contribution in [3.8, 4) is 0 Å². The van der Waals surface area contributed by atoms with Crippen molar-refractivity contribution in [2.75, 3.05) is 0 Å². The summed E-state index contributed by atoms with van der Waals surface area (Å²) in [5.74, 6) is -1.32. The molecule has 0 saturated heterocycles. The van der Waals surface area contributed by atoms with Crippen molar-refractivity contribution < 1.29 is 13.9 Å². The second-order valence-corrected chi connectivity index (χ2v) is 5.29. The van der Waals surface area contributed by atoms with Crippen LogP contribution in [-0.2, 0) is 6.42 Å². The summed E-state index contributed by atoms with van der Waals surface area (Å²) in [6.07, 6.45) is -0.735. The van der Waals surface area contributed by atoms with Crippen molar-refractivity contribution in [1.29, 1.82) is 0 Å². The van der Waals surface area contributed by atoms with Gasteiger partial charge in [0.2, 0.25) is 0 Å². The quantitative estimate of drug-likeness (QED) is 0.891. The first-order chi connectivity index (χ1) is 8.99. The van der Waals surface area contributed by atoms with Crippen molar-refractivity contribution in [2.24, 2.45) is 0 Å². The highest BCUT2D eigenvalue weighted by Crippen LogP contribution is 2.26. The van der Waals surface area contributed by atoms with Crippen LogP contribution >= 0.6 is 15.9 Å². The van der Waals surface area contributed by atoms with E-state index in [1.54, 1.807) is 6.92 Å². The molecule has 0 spiro atoms. The van der Waals surface area contributed by atoms with Crippen LogP contribution in [0.4, 0.5) is 8.78 Å². The van der Waals surface area contributed by atoms with Crippen LogP contribution in [0.25, 0.3) is 0 Å². The molecule has 1 unspecified atom stereocenters. The van der Waals surface area contributed by atoms with Crippen LogP contribution in [0, 0.1) is 18.6 Å². The molecule has 0 fully saturated rings. The van der Waals surface area contributed by atoms with E-state index < -0.39 is 17.7 Å². The molecule has 0 amide bonds. The van der Waals surface area contributed by atoms with Crippen molar-refractivity contribution in [2.45, 2.75) is 19.4 Å². The summed E-state index contributed by atoms with van der Waals surface area (Å²) >= 11 is 3.38. The van der Waals surface area contributed by atoms with Gasteiger partial charge in [0.1, 0.15) is 11.6 Å². The van der Waals surface area contributed by atoms with Gasteiger partial charge in [-0.3, -0.25) is 0 Å². The molecule has 2 aromatic rings. The number of halogens is 3. The number of rotatable bonds is 3. The summed E-state index contributed by atoms with van der Waals surface area (Å²) in [5, 5.41) is 10.1. The zero-order valence-electron chi connectivity index (χ0n) is 10.3. The maximum atomic E-state index is 13.7. The maximum Gasteiger partial charge on any atom is 0.131 e. The van der Waals surface area contributed by atoms with E-state index in [0.29, 0.717) is 5.56 Å². The molecular weight excluding hydrogens is 314 g/mol. The Kier molecular flexibility index (Phi) is 4.32. The van der Waals surface area contributed by atoms with E-state index in [1.165, 1.54) is 6.07 Å². The fraction of sp³-hybridized carbons (Fsp3) is 0.200. The van der Waals surface area contributed by atoms with Gasteiger partial charge >= 0.3 is 0 Å². The van der Waals surface area contributed by atoms with Crippen LogP contribution in [0.5, 0.6) is 0 Å². The van der Waals surface area contributed by atoms with Gasteiger partial charge in [-0.25, -0.2) is 8.78 Å². The second kappa shape index (κ2) is 5.80. The van der Waals surface area contributed by atoms with E-state index in [2.05, 4.69) is 15.9 Å². The van der Waals surface area contributed by atoms with Gasteiger partial charge in [0.05, 0.1) is 6.10 Å². The molecule has 0 aliphatic heterocycles. The lowest BCUT2D eigenvalue weighted by Gasteiger charge is -2.14. The third-order valence-corrected chi connectivity index (χ3v) is 3.78. The molecule has 1 N–H and O–H groups in total. The van der Waals surface area contributed by atoms with Crippen molar-refractivity contribution in [3.05, 3.63) is 69.2 Å². The average Bonchev–Trinajstić information content (AvgIpc) is 2.36. The first-order valence-electron chi connectivity index (χ1n) is 5.86. The van der Waals surface area contributed by atoms with E-state index in [9.17, 15) is 13.9 Å². The second-order valence-electron chi connectivity index (χ2n) is 4.43. The molecule has 1 atom stereocenters. The third-order valence-electron chi connectivity index (χ3n) is 3.01. The molecular formula is C15H13BrF2O. The molecule has 1 nitrogen and oxygen atoms in total. The normalized spacial score (nSPS) is 12.5. The highest BCUT2D eigenvalue weighted by atomic mass is 79.9. The fourth-order valence-electron chi connectivity index (χ4n) is 1.92. The zero-order valence-corrected chi connectivity index (χ0v) is 11.9. The number of aliphatic hydroxyl groups is 1. The fourth-order valence-corrected chi connectivity index (χ4v) is 2.36. The van der Waals surface area contributed by atoms with Gasteiger partial charge in [-0.15, -0.1) is 0 Å². The van der Waals surface area contributed by atoms with Crippen LogP contribution in [0.3, 0.4) is 0 Å². The first kappa shape index (κ1) is 14.2. The van der Waals surface area contributed by atoms with Crippen LogP contribution in [0.15, 0.2) is 40.9 Å². The molecule has 0 saturated carbocycles. The molecule has 0 heterocycles. The lowest BCUT2D eigenvalue weighted by Crippen LogP contribution is -2.06. The summed E-state index contributed by atoms with van der Waals surface area (Å²) in [6.45, 7) is 1.55. The van der Waals surface area contributed by atoms with E-state index in [4.69, 9.17) is 0 Å². The lowest BCUT2D eigenvalue weighted by atomic mass is 9.99. The predicted molar refractivity (Wildman–Crippen MR) is 73.9 cm³/mol. The summed E-state index contributed by atoms with van der Waals surface area (Å²) in [4.78, 5) is 0. The van der Waals surface area contributed by atoms with Crippen LogP contribution in [0.1, 0.15) is 22.8 Å². The third kappa shape index (κ3) is 3.19. The van der Waals surface area contributed by atoms with Crippen molar-refractivity contribution in [1.82, 2.24) is 0 Å². The Labute approximate surface area is 119 Å². The maximum absolute atomic E-state index is 13.7. The summed E-state index contributed by atoms with van der Waals surface area (Å²) < 4.78 is 27.7. The molecule has 2 rings (SSSR count). The zero-order chi connectivity index (χ0) is 14.0. The minimum absolute atomic E-state index is 0.120. The Hall–Kier alpha value is -1.26. The van der Waals surface area contributed by atoms with Crippen LogP contribution in [0.2, 0.25) is 0 Å². The molecule has 0 bridgehead atoms. The van der Waals surface area contributed by atoms with E-state index in [-0.39, 0.29) is 12.0 Å². The van der Waals surface area contributed by atoms with Crippen molar-refractivity contribution in [3.63, 3.8) is 0 Å². The standard InChI is InChI=1S/C15H13BrF2O/c1-9-6-11(14(18)8-13(9)17)15(19)7-10-4-2-3-5-12(10)16/h2-6,8,15,19H,7H2,1H3. The molecule has 0 aromatic heterocycles. The lowest BCUT2D eigenvalue weighted by molar-refractivity contribution is 0.173. The Morgan fingerprint density at radius 1 is 1.16 bits per heavy atom. The van der Waals surface area contributed by atoms with Gasteiger partial charge in [0.25, 0.3) is 0 Å². The summed E-state index contributed by atoms with van der Waals surface area (Å²) in [5.41, 5.74) is 1.31. The number of aliphatic hydroxyl groups excluding tert-OH is 1. The molecule has 2 aromatic carbocycles. The number of aryl methyl sites for hydroxylation is 1. The van der Waals surface area contributed by atoms with Gasteiger partial charge in [0, 0.05) is 22.5 Å². The number of benzene rings is 2. The van der Waals surface area contributed by atoms with Crippen molar-refractivity contribution >= 4 is 15.9 Å². The number of hydrogen-bond donors (Lipinski definition) is 1.